The molecular formula is C12H17FN2. The Kier molecular flexibility index (Phi) is 3.34. The van der Waals surface area contributed by atoms with Gasteiger partial charge in [0.05, 0.1) is 0 Å². The molecule has 1 heterocycles. The van der Waals surface area contributed by atoms with Crippen LogP contribution in [0.2, 0.25) is 0 Å². The number of hydrogen-bond acceptors (Lipinski definition) is 2. The number of rotatable bonds is 3. The normalized spacial score (nSPS) is 27.1. The van der Waals surface area contributed by atoms with Crippen molar-refractivity contribution >= 4 is 0 Å². The highest BCUT2D eigenvalue weighted by atomic mass is 19.1. The van der Waals surface area contributed by atoms with E-state index >= 15 is 0 Å². The van der Waals surface area contributed by atoms with E-state index in [4.69, 9.17) is 5.73 Å². The SMILES string of the molecule is NC[C@H]1CN(Cc2ccccc2)C[C@H]1F. The second kappa shape index (κ2) is 4.73. The molecule has 0 unspecified atom stereocenters. The first-order valence-corrected chi connectivity index (χ1v) is 5.40. The molecule has 15 heavy (non-hydrogen) atoms. The average molecular weight is 208 g/mol. The Labute approximate surface area is 89.9 Å². The molecule has 0 saturated carbocycles. The van der Waals surface area contributed by atoms with Crippen LogP contribution in [0.25, 0.3) is 0 Å². The van der Waals surface area contributed by atoms with E-state index in [1.807, 2.05) is 18.2 Å². The summed E-state index contributed by atoms with van der Waals surface area (Å²) in [4.78, 5) is 2.14. The predicted octanol–water partition coefficient (Wildman–Crippen LogP) is 1.42. The van der Waals surface area contributed by atoms with Crippen molar-refractivity contribution in [2.75, 3.05) is 19.6 Å². The molecule has 0 spiro atoms. The van der Waals surface area contributed by atoms with Crippen LogP contribution in [0.15, 0.2) is 30.3 Å². The maximum atomic E-state index is 13.4. The molecule has 1 aliphatic rings. The number of nitrogens with two attached hydrogens (primary N) is 1. The molecule has 2 rings (SSSR count). The monoisotopic (exact) mass is 208 g/mol. The lowest BCUT2D eigenvalue weighted by Gasteiger charge is -2.14. The van der Waals surface area contributed by atoms with Gasteiger partial charge < -0.3 is 5.73 Å². The summed E-state index contributed by atoms with van der Waals surface area (Å²) in [6.07, 6.45) is -0.751. The first kappa shape index (κ1) is 10.6. The van der Waals surface area contributed by atoms with Gasteiger partial charge in [0.1, 0.15) is 6.17 Å². The predicted molar refractivity (Wildman–Crippen MR) is 59.2 cm³/mol. The lowest BCUT2D eigenvalue weighted by atomic mass is 10.1. The Morgan fingerprint density at radius 2 is 2.00 bits per heavy atom. The van der Waals surface area contributed by atoms with E-state index in [-0.39, 0.29) is 5.92 Å². The highest BCUT2D eigenvalue weighted by molar-refractivity contribution is 5.14. The van der Waals surface area contributed by atoms with E-state index in [9.17, 15) is 4.39 Å². The van der Waals surface area contributed by atoms with Crippen LogP contribution in [0, 0.1) is 5.92 Å². The topological polar surface area (TPSA) is 29.3 Å². The van der Waals surface area contributed by atoms with E-state index in [0.717, 1.165) is 13.1 Å². The highest BCUT2D eigenvalue weighted by Crippen LogP contribution is 2.20. The fourth-order valence-electron chi connectivity index (χ4n) is 2.11. The van der Waals surface area contributed by atoms with Crippen LogP contribution >= 0.6 is 0 Å². The molecule has 1 aliphatic heterocycles. The zero-order valence-electron chi connectivity index (χ0n) is 8.77. The molecule has 0 amide bonds. The Hall–Kier alpha value is -0.930. The molecule has 0 bridgehead atoms. The van der Waals surface area contributed by atoms with Crippen molar-refractivity contribution in [1.29, 1.82) is 0 Å². The van der Waals surface area contributed by atoms with E-state index in [2.05, 4.69) is 17.0 Å². The van der Waals surface area contributed by atoms with Crippen LogP contribution in [-0.4, -0.2) is 30.7 Å². The summed E-state index contributed by atoms with van der Waals surface area (Å²) >= 11 is 0. The Balaban J connectivity index is 1.92. The summed E-state index contributed by atoms with van der Waals surface area (Å²) in [7, 11) is 0. The Bertz CT molecular complexity index is 302. The van der Waals surface area contributed by atoms with Gasteiger partial charge in [-0.3, -0.25) is 4.90 Å². The number of nitrogens with zero attached hydrogens (tertiary/aromatic N) is 1. The molecule has 1 fully saturated rings. The van der Waals surface area contributed by atoms with Gasteiger partial charge in [-0.25, -0.2) is 4.39 Å². The minimum atomic E-state index is -0.751. The Morgan fingerprint density at radius 3 is 2.60 bits per heavy atom. The molecule has 1 saturated heterocycles. The van der Waals surface area contributed by atoms with Crippen molar-refractivity contribution in [2.45, 2.75) is 12.7 Å². The van der Waals surface area contributed by atoms with Gasteiger partial charge in [-0.05, 0) is 12.1 Å². The molecule has 3 heteroatoms. The number of benzene rings is 1. The van der Waals surface area contributed by atoms with Gasteiger partial charge >= 0.3 is 0 Å². The average Bonchev–Trinajstić information content (AvgIpc) is 2.60. The Morgan fingerprint density at radius 1 is 1.27 bits per heavy atom. The minimum Gasteiger partial charge on any atom is -0.330 e. The second-order valence-corrected chi connectivity index (χ2v) is 4.19. The van der Waals surface area contributed by atoms with Crippen LogP contribution in [-0.2, 0) is 6.54 Å². The zero-order chi connectivity index (χ0) is 10.7. The quantitative estimate of drug-likeness (QED) is 0.814. The molecule has 0 radical (unpaired) electrons. The third kappa shape index (κ3) is 2.55. The molecule has 2 atom stereocenters. The highest BCUT2D eigenvalue weighted by Gasteiger charge is 2.31. The van der Waals surface area contributed by atoms with Crippen molar-refractivity contribution in [3.05, 3.63) is 35.9 Å². The maximum absolute atomic E-state index is 13.4. The first-order chi connectivity index (χ1) is 7.29. The van der Waals surface area contributed by atoms with Crippen molar-refractivity contribution in [3.8, 4) is 0 Å². The number of likely N-dealkylation sites (tertiary alicyclic amines) is 1. The van der Waals surface area contributed by atoms with Gasteiger partial charge in [0.25, 0.3) is 0 Å². The lowest BCUT2D eigenvalue weighted by Crippen LogP contribution is -2.23. The molecule has 1 aromatic carbocycles. The van der Waals surface area contributed by atoms with Crippen LogP contribution < -0.4 is 5.73 Å². The smallest absolute Gasteiger partial charge is 0.118 e. The summed E-state index contributed by atoms with van der Waals surface area (Å²) in [5.41, 5.74) is 6.75. The molecule has 2 N–H and O–H groups in total. The molecular weight excluding hydrogens is 191 g/mol. The van der Waals surface area contributed by atoms with Crippen molar-refractivity contribution in [3.63, 3.8) is 0 Å². The van der Waals surface area contributed by atoms with Crippen molar-refractivity contribution in [1.82, 2.24) is 4.90 Å². The van der Waals surface area contributed by atoms with E-state index < -0.39 is 6.17 Å². The maximum Gasteiger partial charge on any atom is 0.118 e. The fraction of sp³-hybridized carbons (Fsp3) is 0.500. The van der Waals surface area contributed by atoms with Gasteiger partial charge in [0.2, 0.25) is 0 Å². The van der Waals surface area contributed by atoms with Crippen LogP contribution in [0.3, 0.4) is 0 Å². The van der Waals surface area contributed by atoms with Gasteiger partial charge in [-0.2, -0.15) is 0 Å². The summed E-state index contributed by atoms with van der Waals surface area (Å²) in [6, 6.07) is 10.2. The van der Waals surface area contributed by atoms with E-state index in [1.54, 1.807) is 0 Å². The molecule has 0 aliphatic carbocycles. The standard InChI is InChI=1S/C12H17FN2/c13-12-9-15(8-11(12)6-14)7-10-4-2-1-3-5-10/h1-5,11-12H,6-9,14H2/t11-,12+/m0/s1. The largest absolute Gasteiger partial charge is 0.330 e. The second-order valence-electron chi connectivity index (χ2n) is 4.19. The van der Waals surface area contributed by atoms with Crippen molar-refractivity contribution in [2.24, 2.45) is 11.7 Å². The number of hydrogen-bond donors (Lipinski definition) is 1. The van der Waals surface area contributed by atoms with Gasteiger partial charge in [0.15, 0.2) is 0 Å². The summed E-state index contributed by atoms with van der Waals surface area (Å²) in [6.45, 7) is 2.59. The third-order valence-corrected chi connectivity index (χ3v) is 2.99. The van der Waals surface area contributed by atoms with E-state index in [0.29, 0.717) is 13.1 Å². The minimum absolute atomic E-state index is 0.0220. The number of halogens is 1. The summed E-state index contributed by atoms with van der Waals surface area (Å²) < 4.78 is 13.4. The van der Waals surface area contributed by atoms with Gasteiger partial charge in [-0.1, -0.05) is 30.3 Å². The fourth-order valence-corrected chi connectivity index (χ4v) is 2.11. The number of alkyl halides is 1. The molecule has 1 aromatic rings. The molecule has 0 aromatic heterocycles. The van der Waals surface area contributed by atoms with Crippen LogP contribution in [0.1, 0.15) is 5.56 Å². The van der Waals surface area contributed by atoms with E-state index in [1.165, 1.54) is 5.56 Å². The van der Waals surface area contributed by atoms with Crippen LogP contribution in [0.4, 0.5) is 4.39 Å². The van der Waals surface area contributed by atoms with Crippen molar-refractivity contribution < 1.29 is 4.39 Å². The summed E-state index contributed by atoms with van der Waals surface area (Å²) in [5, 5.41) is 0. The zero-order valence-corrected chi connectivity index (χ0v) is 8.77. The summed E-state index contributed by atoms with van der Waals surface area (Å²) in [5.74, 6) is 0.0220. The molecule has 2 nitrogen and oxygen atoms in total. The molecule has 82 valence electrons. The van der Waals surface area contributed by atoms with Gasteiger partial charge in [-0.15, -0.1) is 0 Å². The van der Waals surface area contributed by atoms with Crippen LogP contribution in [0.5, 0.6) is 0 Å². The van der Waals surface area contributed by atoms with Gasteiger partial charge in [0, 0.05) is 25.6 Å². The lowest BCUT2D eigenvalue weighted by molar-refractivity contribution is 0.271. The first-order valence-electron chi connectivity index (χ1n) is 5.40. The third-order valence-electron chi connectivity index (χ3n) is 2.99.